The predicted molar refractivity (Wildman–Crippen MR) is 84.3 cm³/mol. The summed E-state index contributed by atoms with van der Waals surface area (Å²) >= 11 is 0.588. The van der Waals surface area contributed by atoms with Gasteiger partial charge in [0.25, 0.3) is 11.1 Å². The lowest BCUT2D eigenvalue weighted by Gasteiger charge is -2.14. The summed E-state index contributed by atoms with van der Waals surface area (Å²) < 4.78 is 13.6. The van der Waals surface area contributed by atoms with E-state index in [9.17, 15) is 23.6 Å². The summed E-state index contributed by atoms with van der Waals surface area (Å²) in [5.41, 5.74) is 0.145. The molecule has 1 aromatic carbocycles. The summed E-state index contributed by atoms with van der Waals surface area (Å²) in [6.07, 6.45) is 1.23. The molecule has 0 aromatic heterocycles. The highest BCUT2D eigenvalue weighted by Gasteiger charge is 2.36. The molecule has 1 aliphatic heterocycles. The first-order chi connectivity index (χ1) is 11.3. The van der Waals surface area contributed by atoms with Gasteiger partial charge in [0.1, 0.15) is 18.4 Å². The van der Waals surface area contributed by atoms with Crippen molar-refractivity contribution in [2.24, 2.45) is 0 Å². The number of thioether (sulfide) groups is 1. The Kier molecular flexibility index (Phi) is 5.35. The van der Waals surface area contributed by atoms with E-state index in [-0.39, 0.29) is 10.5 Å². The summed E-state index contributed by atoms with van der Waals surface area (Å²) in [7, 11) is 0. The smallest absolute Gasteiger partial charge is 0.325 e. The van der Waals surface area contributed by atoms with Crippen molar-refractivity contribution in [2.45, 2.75) is 13.0 Å². The van der Waals surface area contributed by atoms with E-state index in [0.29, 0.717) is 16.7 Å². The monoisotopic (exact) mass is 352 g/mol. The molecule has 1 fully saturated rings. The van der Waals surface area contributed by atoms with Gasteiger partial charge in [0.2, 0.25) is 5.91 Å². The van der Waals surface area contributed by atoms with E-state index in [1.165, 1.54) is 31.2 Å². The molecule has 1 aliphatic rings. The van der Waals surface area contributed by atoms with Crippen molar-refractivity contribution in [3.8, 4) is 0 Å². The van der Waals surface area contributed by atoms with Crippen molar-refractivity contribution < 1.29 is 28.7 Å². The molecular formula is C15H13FN2O5S. The molecule has 9 heteroatoms. The van der Waals surface area contributed by atoms with Gasteiger partial charge in [-0.15, -0.1) is 0 Å². The van der Waals surface area contributed by atoms with Crippen molar-refractivity contribution in [3.05, 3.63) is 40.6 Å². The summed E-state index contributed by atoms with van der Waals surface area (Å²) in [6, 6.07) is 4.60. The molecule has 0 bridgehead atoms. The van der Waals surface area contributed by atoms with Crippen LogP contribution in [0.4, 0.5) is 9.18 Å². The van der Waals surface area contributed by atoms with Crippen LogP contribution < -0.4 is 5.32 Å². The average molecular weight is 352 g/mol. The first kappa shape index (κ1) is 17.7. The lowest BCUT2D eigenvalue weighted by molar-refractivity contribution is -0.141. The second-order valence-electron chi connectivity index (χ2n) is 4.92. The van der Waals surface area contributed by atoms with Gasteiger partial charge in [0.15, 0.2) is 0 Å². The van der Waals surface area contributed by atoms with Gasteiger partial charge in [-0.1, -0.05) is 18.2 Å². The third kappa shape index (κ3) is 3.99. The van der Waals surface area contributed by atoms with Crippen molar-refractivity contribution >= 4 is 40.9 Å². The predicted octanol–water partition coefficient (Wildman–Crippen LogP) is 1.45. The van der Waals surface area contributed by atoms with Crippen LogP contribution in [0.1, 0.15) is 12.5 Å². The van der Waals surface area contributed by atoms with Crippen LogP contribution in [0.25, 0.3) is 6.08 Å². The van der Waals surface area contributed by atoms with Crippen LogP contribution in [-0.4, -0.2) is 45.6 Å². The number of nitrogens with one attached hydrogen (secondary N) is 1. The highest BCUT2D eigenvalue weighted by molar-refractivity contribution is 8.18. The van der Waals surface area contributed by atoms with Crippen LogP contribution in [0.5, 0.6) is 0 Å². The van der Waals surface area contributed by atoms with Gasteiger partial charge in [-0.3, -0.25) is 24.1 Å². The Bertz CT molecular complexity index is 749. The zero-order valence-electron chi connectivity index (χ0n) is 12.5. The van der Waals surface area contributed by atoms with Crippen molar-refractivity contribution in [2.75, 3.05) is 6.54 Å². The van der Waals surface area contributed by atoms with Crippen LogP contribution in [0, 0.1) is 5.82 Å². The molecule has 0 saturated carbocycles. The van der Waals surface area contributed by atoms with Gasteiger partial charge < -0.3 is 10.4 Å². The van der Waals surface area contributed by atoms with Gasteiger partial charge >= 0.3 is 5.97 Å². The lowest BCUT2D eigenvalue weighted by Crippen LogP contribution is -2.45. The molecule has 7 nitrogen and oxygen atoms in total. The Morgan fingerprint density at radius 2 is 2.04 bits per heavy atom. The van der Waals surface area contributed by atoms with Crippen molar-refractivity contribution in [3.63, 3.8) is 0 Å². The lowest BCUT2D eigenvalue weighted by atomic mass is 10.2. The maximum absolute atomic E-state index is 13.6. The Morgan fingerprint density at radius 1 is 1.38 bits per heavy atom. The number of carboxylic acid groups (broad SMARTS) is 1. The molecule has 0 radical (unpaired) electrons. The average Bonchev–Trinajstić information content (AvgIpc) is 2.77. The number of carboxylic acids is 1. The van der Waals surface area contributed by atoms with Gasteiger partial charge in [-0.2, -0.15) is 0 Å². The largest absolute Gasteiger partial charge is 0.480 e. The third-order valence-electron chi connectivity index (χ3n) is 3.12. The van der Waals surface area contributed by atoms with E-state index in [0.717, 1.165) is 0 Å². The van der Waals surface area contributed by atoms with Crippen LogP contribution >= 0.6 is 11.8 Å². The Labute approximate surface area is 140 Å². The number of hydrogen-bond acceptors (Lipinski definition) is 5. The van der Waals surface area contributed by atoms with Crippen LogP contribution in [0.15, 0.2) is 29.2 Å². The van der Waals surface area contributed by atoms with E-state index < -0.39 is 41.4 Å². The van der Waals surface area contributed by atoms with Gasteiger partial charge in [-0.25, -0.2) is 4.39 Å². The molecule has 1 unspecified atom stereocenters. The van der Waals surface area contributed by atoms with Crippen LogP contribution in [-0.2, 0) is 14.4 Å². The second kappa shape index (κ2) is 7.26. The van der Waals surface area contributed by atoms with Crippen molar-refractivity contribution in [1.29, 1.82) is 0 Å². The minimum Gasteiger partial charge on any atom is -0.480 e. The fourth-order valence-electron chi connectivity index (χ4n) is 1.86. The number of aliphatic carboxylic acids is 1. The molecule has 1 atom stereocenters. The number of nitrogens with zero attached hydrogens (tertiary/aromatic N) is 1. The van der Waals surface area contributed by atoms with Gasteiger partial charge in [-0.05, 0) is 30.8 Å². The Morgan fingerprint density at radius 3 is 2.67 bits per heavy atom. The van der Waals surface area contributed by atoms with Gasteiger partial charge in [0, 0.05) is 5.56 Å². The summed E-state index contributed by atoms with van der Waals surface area (Å²) in [6.45, 7) is 0.656. The van der Waals surface area contributed by atoms with E-state index in [2.05, 4.69) is 5.32 Å². The molecule has 126 valence electrons. The SMILES string of the molecule is CC(NC(=O)CN1C(=O)S/C(=C\c2ccccc2F)C1=O)C(=O)O. The number of carbonyl (C=O) groups excluding carboxylic acids is 3. The number of carbonyl (C=O) groups is 4. The molecular weight excluding hydrogens is 339 g/mol. The highest BCUT2D eigenvalue weighted by atomic mass is 32.2. The molecule has 2 rings (SSSR count). The first-order valence-electron chi connectivity index (χ1n) is 6.81. The number of halogens is 1. The minimum atomic E-state index is -1.24. The maximum Gasteiger partial charge on any atom is 0.325 e. The van der Waals surface area contributed by atoms with E-state index >= 15 is 0 Å². The highest BCUT2D eigenvalue weighted by Crippen LogP contribution is 2.32. The fourth-order valence-corrected chi connectivity index (χ4v) is 2.69. The quantitative estimate of drug-likeness (QED) is 0.778. The number of hydrogen-bond donors (Lipinski definition) is 2. The standard InChI is InChI=1S/C15H13FN2O5S/c1-8(14(21)22)17-12(19)7-18-13(20)11(24-15(18)23)6-9-4-2-3-5-10(9)16/h2-6,8H,7H2,1H3,(H,17,19)(H,21,22)/b11-6-. The van der Waals surface area contributed by atoms with E-state index in [1.54, 1.807) is 6.07 Å². The molecule has 0 aliphatic carbocycles. The topological polar surface area (TPSA) is 104 Å². The molecule has 1 heterocycles. The molecule has 0 spiro atoms. The molecule has 1 saturated heterocycles. The summed E-state index contributed by atoms with van der Waals surface area (Å²) in [4.78, 5) is 47.1. The van der Waals surface area contributed by atoms with Crippen LogP contribution in [0.3, 0.4) is 0 Å². The minimum absolute atomic E-state index is 0.0100. The Hall–Kier alpha value is -2.68. The summed E-state index contributed by atoms with van der Waals surface area (Å²) in [5.74, 6) is -3.29. The zero-order valence-corrected chi connectivity index (χ0v) is 13.3. The fraction of sp³-hybridized carbons (Fsp3) is 0.200. The zero-order chi connectivity index (χ0) is 17.9. The van der Waals surface area contributed by atoms with E-state index in [1.807, 2.05) is 0 Å². The second-order valence-corrected chi connectivity index (χ2v) is 5.91. The molecule has 24 heavy (non-hydrogen) atoms. The number of rotatable bonds is 5. The van der Waals surface area contributed by atoms with Crippen molar-refractivity contribution in [1.82, 2.24) is 10.2 Å². The third-order valence-corrected chi connectivity index (χ3v) is 4.02. The van der Waals surface area contributed by atoms with Crippen LogP contribution in [0.2, 0.25) is 0 Å². The first-order valence-corrected chi connectivity index (χ1v) is 7.63. The Balaban J connectivity index is 2.10. The molecule has 3 amide bonds. The van der Waals surface area contributed by atoms with Gasteiger partial charge in [0.05, 0.1) is 4.91 Å². The molecule has 1 aromatic rings. The normalized spacial score (nSPS) is 17.2. The summed E-state index contributed by atoms with van der Waals surface area (Å²) in [5, 5.41) is 10.2. The number of amides is 3. The number of benzene rings is 1. The maximum atomic E-state index is 13.6. The molecule has 2 N–H and O–H groups in total. The van der Waals surface area contributed by atoms with E-state index in [4.69, 9.17) is 5.11 Å². The number of imide groups is 1.